The summed E-state index contributed by atoms with van der Waals surface area (Å²) in [5.74, 6) is 0. The van der Waals surface area contributed by atoms with Crippen LogP contribution in [-0.2, 0) is 6.42 Å². The van der Waals surface area contributed by atoms with Gasteiger partial charge in [-0.15, -0.1) is 11.3 Å². The molecule has 1 fully saturated rings. The van der Waals surface area contributed by atoms with Crippen molar-refractivity contribution in [2.24, 2.45) is 5.41 Å². The van der Waals surface area contributed by atoms with Gasteiger partial charge in [-0.3, -0.25) is 4.40 Å². The molecule has 2 aromatic rings. The van der Waals surface area contributed by atoms with Crippen LogP contribution in [0.4, 0.5) is 0 Å². The van der Waals surface area contributed by atoms with Crippen molar-refractivity contribution in [1.29, 1.82) is 0 Å². The van der Waals surface area contributed by atoms with Crippen molar-refractivity contribution in [3.63, 3.8) is 0 Å². The first kappa shape index (κ1) is 11.2. The lowest BCUT2D eigenvalue weighted by Gasteiger charge is -2.35. The van der Waals surface area contributed by atoms with E-state index in [1.807, 2.05) is 11.6 Å². The molecule has 0 saturated carbocycles. The molecule has 2 aromatic heterocycles. The number of aromatic nitrogens is 2. The Bertz CT molecular complexity index is 470. The van der Waals surface area contributed by atoms with Crippen LogP contribution in [0.25, 0.3) is 4.96 Å². The van der Waals surface area contributed by atoms with Crippen LogP contribution in [-0.4, -0.2) is 34.2 Å². The molecule has 3 heterocycles. The second kappa shape index (κ2) is 4.40. The van der Waals surface area contributed by atoms with Crippen molar-refractivity contribution < 1.29 is 5.11 Å². The Balaban J connectivity index is 1.82. The monoisotopic (exact) mass is 251 g/mol. The molecule has 0 aromatic carbocycles. The summed E-state index contributed by atoms with van der Waals surface area (Å²) in [6, 6.07) is 0. The lowest BCUT2D eigenvalue weighted by molar-refractivity contribution is 0.0885. The van der Waals surface area contributed by atoms with Gasteiger partial charge in [0.05, 0.1) is 5.69 Å². The molecular formula is C12H17N3OS. The maximum absolute atomic E-state index is 9.67. The van der Waals surface area contributed by atoms with E-state index in [1.165, 1.54) is 0 Å². The molecule has 92 valence electrons. The van der Waals surface area contributed by atoms with Gasteiger partial charge < -0.3 is 10.4 Å². The van der Waals surface area contributed by atoms with Crippen LogP contribution in [0.15, 0.2) is 17.8 Å². The minimum absolute atomic E-state index is 0.0370. The summed E-state index contributed by atoms with van der Waals surface area (Å²) in [5.41, 5.74) is 1.14. The van der Waals surface area contributed by atoms with Gasteiger partial charge in [0, 0.05) is 29.8 Å². The highest BCUT2D eigenvalue weighted by molar-refractivity contribution is 7.15. The summed E-state index contributed by atoms with van der Waals surface area (Å²) in [4.78, 5) is 5.65. The Morgan fingerprint density at radius 3 is 3.00 bits per heavy atom. The van der Waals surface area contributed by atoms with Gasteiger partial charge in [0.15, 0.2) is 4.96 Å². The number of hydrogen-bond acceptors (Lipinski definition) is 4. The molecule has 17 heavy (non-hydrogen) atoms. The number of nitrogens with zero attached hydrogens (tertiary/aromatic N) is 2. The quantitative estimate of drug-likeness (QED) is 0.864. The van der Waals surface area contributed by atoms with Crippen LogP contribution in [0.1, 0.15) is 18.5 Å². The predicted octanol–water partition coefficient (Wildman–Crippen LogP) is 1.30. The third-order valence-corrected chi connectivity index (χ3v) is 4.47. The van der Waals surface area contributed by atoms with Crippen LogP contribution in [0.3, 0.4) is 0 Å². The molecule has 0 atom stereocenters. The molecule has 0 unspecified atom stereocenters. The van der Waals surface area contributed by atoms with Crippen LogP contribution in [0.5, 0.6) is 0 Å². The van der Waals surface area contributed by atoms with E-state index < -0.39 is 0 Å². The van der Waals surface area contributed by atoms with Crippen molar-refractivity contribution >= 4 is 16.3 Å². The normalized spacial score (nSPS) is 19.8. The third-order valence-electron chi connectivity index (χ3n) is 3.70. The maximum Gasteiger partial charge on any atom is 0.193 e. The Kier molecular flexibility index (Phi) is 2.90. The van der Waals surface area contributed by atoms with Crippen molar-refractivity contribution in [1.82, 2.24) is 14.7 Å². The molecule has 0 bridgehead atoms. The molecular weight excluding hydrogens is 234 g/mol. The number of piperidine rings is 1. The van der Waals surface area contributed by atoms with Crippen LogP contribution in [0, 0.1) is 5.41 Å². The number of rotatable bonds is 3. The SMILES string of the molecule is OCC1(Cc2cn3ccsc3n2)CCNCC1. The number of hydrogen-bond donors (Lipinski definition) is 2. The number of fused-ring (bicyclic) bond motifs is 1. The molecule has 0 amide bonds. The highest BCUT2D eigenvalue weighted by Gasteiger charge is 2.32. The van der Waals surface area contributed by atoms with Gasteiger partial charge in [-0.25, -0.2) is 4.98 Å². The van der Waals surface area contributed by atoms with Crippen molar-refractivity contribution in [3.8, 4) is 0 Å². The van der Waals surface area contributed by atoms with E-state index in [2.05, 4.69) is 20.9 Å². The topological polar surface area (TPSA) is 49.6 Å². The number of aliphatic hydroxyl groups excluding tert-OH is 1. The lowest BCUT2D eigenvalue weighted by atomic mass is 9.76. The van der Waals surface area contributed by atoms with E-state index in [-0.39, 0.29) is 12.0 Å². The third kappa shape index (κ3) is 2.10. The average molecular weight is 251 g/mol. The predicted molar refractivity (Wildman–Crippen MR) is 68.4 cm³/mol. The summed E-state index contributed by atoms with van der Waals surface area (Å²) < 4.78 is 2.06. The summed E-state index contributed by atoms with van der Waals surface area (Å²) in [6.07, 6.45) is 7.08. The first-order valence-corrected chi connectivity index (χ1v) is 6.92. The first-order chi connectivity index (χ1) is 8.31. The molecule has 3 rings (SSSR count). The zero-order valence-electron chi connectivity index (χ0n) is 9.72. The summed E-state index contributed by atoms with van der Waals surface area (Å²) in [7, 11) is 0. The average Bonchev–Trinajstić information content (AvgIpc) is 2.91. The van der Waals surface area contributed by atoms with Crippen molar-refractivity contribution in [2.75, 3.05) is 19.7 Å². The molecule has 5 heteroatoms. The van der Waals surface area contributed by atoms with Gasteiger partial charge in [-0.05, 0) is 32.4 Å². The Hall–Kier alpha value is -0.910. The zero-order valence-corrected chi connectivity index (χ0v) is 10.5. The minimum Gasteiger partial charge on any atom is -0.396 e. The van der Waals surface area contributed by atoms with Crippen LogP contribution >= 0.6 is 11.3 Å². The molecule has 4 nitrogen and oxygen atoms in total. The fourth-order valence-electron chi connectivity index (χ4n) is 2.59. The van der Waals surface area contributed by atoms with E-state index in [1.54, 1.807) is 11.3 Å². The fraction of sp³-hybridized carbons (Fsp3) is 0.583. The molecule has 0 spiro atoms. The minimum atomic E-state index is 0.0370. The standard InChI is InChI=1S/C12H17N3OS/c16-9-12(1-3-13-4-2-12)7-10-8-15-5-6-17-11(15)14-10/h5-6,8,13,16H,1-4,7,9H2. The van der Waals surface area contributed by atoms with E-state index in [4.69, 9.17) is 0 Å². The summed E-state index contributed by atoms with van der Waals surface area (Å²) >= 11 is 1.65. The number of aliphatic hydroxyl groups is 1. The van der Waals surface area contributed by atoms with Gasteiger partial charge in [-0.2, -0.15) is 0 Å². The number of imidazole rings is 1. The van der Waals surface area contributed by atoms with Gasteiger partial charge in [0.2, 0.25) is 0 Å². The van der Waals surface area contributed by atoms with Crippen molar-refractivity contribution in [2.45, 2.75) is 19.3 Å². The van der Waals surface area contributed by atoms with Gasteiger partial charge in [-0.1, -0.05) is 0 Å². The molecule has 1 aliphatic rings. The number of nitrogens with one attached hydrogen (secondary N) is 1. The maximum atomic E-state index is 9.67. The summed E-state index contributed by atoms with van der Waals surface area (Å²) in [5, 5.41) is 15.1. The lowest BCUT2D eigenvalue weighted by Crippen LogP contribution is -2.40. The second-order valence-corrected chi connectivity index (χ2v) is 5.78. The molecule has 2 N–H and O–H groups in total. The summed E-state index contributed by atoms with van der Waals surface area (Å²) in [6.45, 7) is 2.27. The highest BCUT2D eigenvalue weighted by Crippen LogP contribution is 2.32. The Morgan fingerprint density at radius 2 is 2.29 bits per heavy atom. The van der Waals surface area contributed by atoms with E-state index >= 15 is 0 Å². The Labute approximate surface area is 104 Å². The fourth-order valence-corrected chi connectivity index (χ4v) is 3.31. The Morgan fingerprint density at radius 1 is 1.47 bits per heavy atom. The van der Waals surface area contributed by atoms with E-state index in [9.17, 15) is 5.11 Å². The smallest absolute Gasteiger partial charge is 0.193 e. The highest BCUT2D eigenvalue weighted by atomic mass is 32.1. The van der Waals surface area contributed by atoms with Gasteiger partial charge in [0.1, 0.15) is 0 Å². The molecule has 1 saturated heterocycles. The number of thiazole rings is 1. The van der Waals surface area contributed by atoms with E-state index in [0.717, 1.165) is 43.0 Å². The first-order valence-electron chi connectivity index (χ1n) is 6.04. The second-order valence-electron chi connectivity index (χ2n) is 4.91. The molecule has 0 aliphatic carbocycles. The molecule has 1 aliphatic heterocycles. The van der Waals surface area contributed by atoms with Crippen LogP contribution in [0.2, 0.25) is 0 Å². The zero-order chi connectivity index (χ0) is 11.7. The van der Waals surface area contributed by atoms with Crippen molar-refractivity contribution in [3.05, 3.63) is 23.5 Å². The van der Waals surface area contributed by atoms with Gasteiger partial charge in [0.25, 0.3) is 0 Å². The van der Waals surface area contributed by atoms with Crippen LogP contribution < -0.4 is 5.32 Å². The van der Waals surface area contributed by atoms with Gasteiger partial charge >= 0.3 is 0 Å². The van der Waals surface area contributed by atoms with E-state index in [0.29, 0.717) is 0 Å². The largest absolute Gasteiger partial charge is 0.396 e. The molecule has 0 radical (unpaired) electrons.